The van der Waals surface area contributed by atoms with Gasteiger partial charge in [0.05, 0.1) is 24.4 Å². The van der Waals surface area contributed by atoms with Crippen LogP contribution in [0.3, 0.4) is 0 Å². The number of hydrogen-bond donors (Lipinski definition) is 1. The third-order valence-corrected chi connectivity index (χ3v) is 6.40. The number of rotatable bonds is 4. The van der Waals surface area contributed by atoms with Gasteiger partial charge in [-0.15, -0.1) is 0 Å². The van der Waals surface area contributed by atoms with E-state index in [1.807, 2.05) is 25.4 Å². The van der Waals surface area contributed by atoms with Crippen LogP contribution < -0.4 is 10.1 Å². The maximum Gasteiger partial charge on any atom is 0.128 e. The van der Waals surface area contributed by atoms with Crippen LogP contribution in [0.1, 0.15) is 54.1 Å². The molecule has 3 aromatic rings. The van der Waals surface area contributed by atoms with Gasteiger partial charge in [0.1, 0.15) is 5.75 Å². The summed E-state index contributed by atoms with van der Waals surface area (Å²) in [4.78, 5) is 4.25. The lowest BCUT2D eigenvalue weighted by Crippen LogP contribution is -2.27. The number of hydrogen-bond acceptors (Lipinski definition) is 4. The Morgan fingerprint density at radius 3 is 2.75 bits per heavy atom. The molecule has 6 heteroatoms. The summed E-state index contributed by atoms with van der Waals surface area (Å²) in [6.07, 6.45) is 5.88. The van der Waals surface area contributed by atoms with Gasteiger partial charge in [0.15, 0.2) is 0 Å². The molecule has 0 amide bonds. The van der Waals surface area contributed by atoms with Crippen molar-refractivity contribution in [2.75, 3.05) is 20.2 Å². The molecule has 1 unspecified atom stereocenters. The Morgan fingerprint density at radius 2 is 2.04 bits per heavy atom. The molecular formula is C22H27ClN4O. The highest BCUT2D eigenvalue weighted by Gasteiger charge is 2.27. The van der Waals surface area contributed by atoms with E-state index in [1.54, 1.807) is 7.11 Å². The molecule has 1 saturated heterocycles. The van der Waals surface area contributed by atoms with Gasteiger partial charge in [-0.3, -0.25) is 9.67 Å². The first-order valence-corrected chi connectivity index (χ1v) is 10.3. The van der Waals surface area contributed by atoms with E-state index in [2.05, 4.69) is 34.9 Å². The zero-order chi connectivity index (χ0) is 19.8. The van der Waals surface area contributed by atoms with Crippen LogP contribution in [0.2, 0.25) is 5.02 Å². The molecule has 0 spiro atoms. The van der Waals surface area contributed by atoms with Crippen molar-refractivity contribution < 1.29 is 4.74 Å². The minimum Gasteiger partial charge on any atom is -0.496 e. The first kappa shape index (κ1) is 19.2. The van der Waals surface area contributed by atoms with Gasteiger partial charge >= 0.3 is 0 Å². The summed E-state index contributed by atoms with van der Waals surface area (Å²) in [5.41, 5.74) is 5.51. The first-order valence-electron chi connectivity index (χ1n) is 9.89. The van der Waals surface area contributed by atoms with Crippen molar-refractivity contribution in [2.45, 2.75) is 45.6 Å². The highest BCUT2D eigenvalue weighted by molar-refractivity contribution is 6.31. The lowest BCUT2D eigenvalue weighted by Gasteiger charge is -2.29. The largest absolute Gasteiger partial charge is 0.496 e. The molecule has 1 aromatic carbocycles. The Bertz CT molecular complexity index is 1010. The average molecular weight is 399 g/mol. The number of ether oxygens (including phenoxy) is 1. The average Bonchev–Trinajstić information content (AvgIpc) is 3.06. The number of pyridine rings is 1. The molecule has 1 N–H and O–H groups in total. The van der Waals surface area contributed by atoms with Crippen molar-refractivity contribution in [1.82, 2.24) is 20.1 Å². The summed E-state index contributed by atoms with van der Waals surface area (Å²) in [5.74, 6) is 1.41. The third kappa shape index (κ3) is 3.16. The number of piperidine rings is 1. The quantitative estimate of drug-likeness (QED) is 0.686. The highest BCUT2D eigenvalue weighted by atomic mass is 35.5. The minimum atomic E-state index is -0.00730. The number of fused-ring (bicyclic) bond motifs is 1. The second-order valence-electron chi connectivity index (χ2n) is 7.64. The maximum absolute atomic E-state index is 6.71. The van der Waals surface area contributed by atoms with Gasteiger partial charge in [-0.25, -0.2) is 0 Å². The molecule has 0 bridgehead atoms. The molecule has 3 heterocycles. The zero-order valence-electron chi connectivity index (χ0n) is 16.9. The summed E-state index contributed by atoms with van der Waals surface area (Å²) in [6.45, 7) is 8.34. The van der Waals surface area contributed by atoms with Crippen LogP contribution in [0.4, 0.5) is 0 Å². The minimum absolute atomic E-state index is 0.00730. The fourth-order valence-corrected chi connectivity index (χ4v) is 4.69. The number of nitrogens with zero attached hydrogens (tertiary/aromatic N) is 3. The summed E-state index contributed by atoms with van der Waals surface area (Å²) in [5, 5.41) is 10.1. The summed E-state index contributed by atoms with van der Waals surface area (Å²) in [7, 11) is 1.76. The third-order valence-electron chi connectivity index (χ3n) is 6.01. The van der Waals surface area contributed by atoms with Gasteiger partial charge in [0.2, 0.25) is 0 Å². The second kappa shape index (κ2) is 7.72. The molecule has 1 aliphatic heterocycles. The van der Waals surface area contributed by atoms with E-state index >= 15 is 0 Å². The van der Waals surface area contributed by atoms with Crippen LogP contribution in [0, 0.1) is 13.8 Å². The molecule has 1 atom stereocenters. The number of benzene rings is 1. The molecule has 2 aromatic heterocycles. The summed E-state index contributed by atoms with van der Waals surface area (Å²) < 4.78 is 8.05. The van der Waals surface area contributed by atoms with Crippen molar-refractivity contribution in [3.8, 4) is 5.75 Å². The standard InChI is InChI=1S/C22H27ClN4O/c1-13-19(23)11-17(22(28-4)21(13)16-5-8-24-9-6-16)15(3)27-20-7-10-25-12-18(20)14(2)26-27/h7,10-12,15-16,24H,5-6,8-9H2,1-4H3. The number of methoxy groups -OCH3 is 1. The predicted molar refractivity (Wildman–Crippen MR) is 114 cm³/mol. The van der Waals surface area contributed by atoms with E-state index in [4.69, 9.17) is 21.4 Å². The molecule has 5 nitrogen and oxygen atoms in total. The van der Waals surface area contributed by atoms with Crippen LogP contribution in [-0.4, -0.2) is 35.0 Å². The van der Waals surface area contributed by atoms with Gasteiger partial charge in [-0.1, -0.05) is 11.6 Å². The number of nitrogens with one attached hydrogen (secondary N) is 1. The summed E-state index contributed by atoms with van der Waals surface area (Å²) in [6, 6.07) is 4.06. The van der Waals surface area contributed by atoms with E-state index in [0.29, 0.717) is 5.92 Å². The van der Waals surface area contributed by atoms with Crippen LogP contribution in [0.5, 0.6) is 5.75 Å². The SMILES string of the molecule is COc1c(C(C)n2nc(C)c3cnccc32)cc(Cl)c(C)c1C1CCNCC1. The number of aromatic nitrogens is 3. The van der Waals surface area contributed by atoms with Crippen molar-refractivity contribution in [3.63, 3.8) is 0 Å². The molecule has 28 heavy (non-hydrogen) atoms. The van der Waals surface area contributed by atoms with E-state index in [-0.39, 0.29) is 6.04 Å². The Labute approximate surface area is 171 Å². The van der Waals surface area contributed by atoms with E-state index in [0.717, 1.165) is 64.4 Å². The Hall–Kier alpha value is -2.11. The van der Waals surface area contributed by atoms with E-state index in [1.165, 1.54) is 5.56 Å². The normalized spacial score (nSPS) is 16.5. The monoisotopic (exact) mass is 398 g/mol. The van der Waals surface area contributed by atoms with Crippen LogP contribution >= 0.6 is 11.6 Å². The van der Waals surface area contributed by atoms with Crippen LogP contribution in [-0.2, 0) is 0 Å². The number of halogens is 1. The topological polar surface area (TPSA) is 52.0 Å². The molecule has 1 aliphatic rings. The van der Waals surface area contributed by atoms with Gasteiger partial charge in [-0.2, -0.15) is 5.10 Å². The fraction of sp³-hybridized carbons (Fsp3) is 0.455. The van der Waals surface area contributed by atoms with Gasteiger partial charge in [0, 0.05) is 33.9 Å². The summed E-state index contributed by atoms with van der Waals surface area (Å²) >= 11 is 6.71. The maximum atomic E-state index is 6.71. The molecule has 1 fully saturated rings. The number of aryl methyl sites for hydroxylation is 1. The predicted octanol–water partition coefficient (Wildman–Crippen LogP) is 4.79. The van der Waals surface area contributed by atoms with Gasteiger partial charge in [0.25, 0.3) is 0 Å². The first-order chi connectivity index (χ1) is 13.5. The highest BCUT2D eigenvalue weighted by Crippen LogP contribution is 2.43. The molecule has 148 valence electrons. The molecular weight excluding hydrogens is 372 g/mol. The van der Waals surface area contributed by atoms with Crippen molar-refractivity contribution in [3.05, 3.63) is 51.9 Å². The van der Waals surface area contributed by atoms with Gasteiger partial charge < -0.3 is 10.1 Å². The van der Waals surface area contributed by atoms with E-state index in [9.17, 15) is 0 Å². The van der Waals surface area contributed by atoms with Crippen LogP contribution in [0.25, 0.3) is 10.9 Å². The van der Waals surface area contributed by atoms with Crippen LogP contribution in [0.15, 0.2) is 24.5 Å². The van der Waals surface area contributed by atoms with Crippen molar-refractivity contribution in [2.24, 2.45) is 0 Å². The Morgan fingerprint density at radius 1 is 1.29 bits per heavy atom. The van der Waals surface area contributed by atoms with Crippen molar-refractivity contribution >= 4 is 22.5 Å². The molecule has 4 rings (SSSR count). The lowest BCUT2D eigenvalue weighted by molar-refractivity contribution is 0.380. The Balaban J connectivity index is 1.88. The lowest BCUT2D eigenvalue weighted by atomic mass is 9.84. The molecule has 0 radical (unpaired) electrons. The fourth-order valence-electron chi connectivity index (χ4n) is 4.47. The molecule has 0 saturated carbocycles. The second-order valence-corrected chi connectivity index (χ2v) is 8.05. The molecule has 0 aliphatic carbocycles. The smallest absolute Gasteiger partial charge is 0.128 e. The van der Waals surface area contributed by atoms with Crippen molar-refractivity contribution in [1.29, 1.82) is 0 Å². The Kier molecular flexibility index (Phi) is 5.30. The van der Waals surface area contributed by atoms with Gasteiger partial charge in [-0.05, 0) is 70.3 Å². The zero-order valence-corrected chi connectivity index (χ0v) is 17.7. The van der Waals surface area contributed by atoms with E-state index < -0.39 is 0 Å².